The van der Waals surface area contributed by atoms with E-state index in [1.807, 2.05) is 0 Å². The molecule has 2 N–H and O–H groups in total. The van der Waals surface area contributed by atoms with E-state index in [1.165, 1.54) is 0 Å². The van der Waals surface area contributed by atoms with Gasteiger partial charge in [-0.2, -0.15) is 4.98 Å². The van der Waals surface area contributed by atoms with Gasteiger partial charge >= 0.3 is 0 Å². The lowest BCUT2D eigenvalue weighted by molar-refractivity contribution is 0.293. The van der Waals surface area contributed by atoms with Crippen LogP contribution in [0.2, 0.25) is 0 Å². The molecule has 82 valence electrons. The van der Waals surface area contributed by atoms with Crippen LogP contribution in [0.1, 0.15) is 17.1 Å². The first-order valence-corrected chi connectivity index (χ1v) is 5.06. The molecule has 0 saturated carbocycles. The van der Waals surface area contributed by atoms with E-state index in [9.17, 15) is 0 Å². The fraction of sp³-hybridized carbons (Fsp3) is 0.600. The number of hydrogen-bond donors (Lipinski definition) is 1. The first-order valence-electron chi connectivity index (χ1n) is 5.06. The van der Waals surface area contributed by atoms with Gasteiger partial charge in [-0.3, -0.25) is 0 Å². The van der Waals surface area contributed by atoms with Crippen molar-refractivity contribution in [2.45, 2.75) is 19.5 Å². The molecule has 2 rings (SSSR count). The summed E-state index contributed by atoms with van der Waals surface area (Å²) in [4.78, 5) is 10.9. The van der Waals surface area contributed by atoms with Crippen LogP contribution >= 0.6 is 0 Å². The molecule has 0 fully saturated rings. The molecule has 2 heterocycles. The lowest BCUT2D eigenvalue weighted by atomic mass is 10.1. The average Bonchev–Trinajstić information content (AvgIpc) is 2.27. The minimum Gasteiger partial charge on any atom is -0.481 e. The molecule has 1 aromatic rings. The number of rotatable bonds is 2. The van der Waals surface area contributed by atoms with Gasteiger partial charge in [0.15, 0.2) is 0 Å². The Morgan fingerprint density at radius 1 is 1.47 bits per heavy atom. The molecule has 1 aromatic heterocycles. The predicted octanol–water partition coefficient (Wildman–Crippen LogP) is -0.0682. The van der Waals surface area contributed by atoms with Crippen LogP contribution < -0.4 is 10.5 Å². The fourth-order valence-electron chi connectivity index (χ4n) is 1.83. The monoisotopic (exact) mass is 208 g/mol. The molecule has 1 aliphatic heterocycles. The third-order valence-corrected chi connectivity index (χ3v) is 2.64. The maximum Gasteiger partial charge on any atom is 0.221 e. The number of nitrogens with two attached hydrogens (primary N) is 1. The lowest BCUT2D eigenvalue weighted by Crippen LogP contribution is -2.28. The minimum absolute atomic E-state index is 0.361. The Morgan fingerprint density at radius 2 is 2.27 bits per heavy atom. The van der Waals surface area contributed by atoms with E-state index in [1.54, 1.807) is 7.11 Å². The van der Waals surface area contributed by atoms with Gasteiger partial charge in [-0.25, -0.2) is 4.98 Å². The van der Waals surface area contributed by atoms with Gasteiger partial charge in [0.2, 0.25) is 5.88 Å². The van der Waals surface area contributed by atoms with Crippen LogP contribution in [0.3, 0.4) is 0 Å². The molecule has 0 radical (unpaired) electrons. The second kappa shape index (κ2) is 4.12. The summed E-state index contributed by atoms with van der Waals surface area (Å²) in [6.07, 6.45) is 0.942. The van der Waals surface area contributed by atoms with Crippen LogP contribution in [0, 0.1) is 0 Å². The summed E-state index contributed by atoms with van der Waals surface area (Å²) in [5.41, 5.74) is 7.73. The van der Waals surface area contributed by atoms with Gasteiger partial charge in [-0.05, 0) is 7.05 Å². The third-order valence-electron chi connectivity index (χ3n) is 2.64. The van der Waals surface area contributed by atoms with Crippen molar-refractivity contribution >= 4 is 0 Å². The third kappa shape index (κ3) is 1.93. The van der Waals surface area contributed by atoms with Gasteiger partial charge in [-0.1, -0.05) is 0 Å². The zero-order chi connectivity index (χ0) is 10.8. The zero-order valence-electron chi connectivity index (χ0n) is 9.16. The van der Waals surface area contributed by atoms with Crippen LogP contribution in [-0.2, 0) is 19.5 Å². The van der Waals surface area contributed by atoms with Crippen LogP contribution in [0.5, 0.6) is 5.88 Å². The topological polar surface area (TPSA) is 64.3 Å². The summed E-state index contributed by atoms with van der Waals surface area (Å²) in [6.45, 7) is 2.24. The number of fused-ring (bicyclic) bond motifs is 1. The van der Waals surface area contributed by atoms with Crippen LogP contribution in [-0.4, -0.2) is 35.6 Å². The Labute approximate surface area is 89.3 Å². The highest BCUT2D eigenvalue weighted by atomic mass is 16.5. The highest BCUT2D eigenvalue weighted by Gasteiger charge is 2.20. The molecule has 15 heavy (non-hydrogen) atoms. The van der Waals surface area contributed by atoms with Crippen molar-refractivity contribution in [2.24, 2.45) is 5.73 Å². The largest absolute Gasteiger partial charge is 0.481 e. The van der Waals surface area contributed by atoms with E-state index in [0.717, 1.165) is 30.8 Å². The number of aromatic nitrogens is 2. The summed E-state index contributed by atoms with van der Waals surface area (Å²) in [5.74, 6) is 1.34. The second-order valence-electron chi connectivity index (χ2n) is 3.77. The van der Waals surface area contributed by atoms with Crippen molar-refractivity contribution in [2.75, 3.05) is 20.7 Å². The highest BCUT2D eigenvalue weighted by molar-refractivity contribution is 5.32. The van der Waals surface area contributed by atoms with E-state index < -0.39 is 0 Å². The maximum atomic E-state index is 5.54. The molecule has 0 aliphatic carbocycles. The van der Waals surface area contributed by atoms with E-state index in [2.05, 4.69) is 21.9 Å². The standard InChI is InChI=1S/C10H16N4O/c1-14-4-3-8-7(6-14)10(15-2)13-9(5-11)12-8/h3-6,11H2,1-2H3. The number of methoxy groups -OCH3 is 1. The Balaban J connectivity index is 2.44. The smallest absolute Gasteiger partial charge is 0.221 e. The van der Waals surface area contributed by atoms with E-state index in [-0.39, 0.29) is 0 Å². The van der Waals surface area contributed by atoms with Crippen molar-refractivity contribution in [1.29, 1.82) is 0 Å². The van der Waals surface area contributed by atoms with Crippen molar-refractivity contribution in [3.8, 4) is 5.88 Å². The fourth-order valence-corrected chi connectivity index (χ4v) is 1.83. The molecule has 5 heteroatoms. The molecule has 5 nitrogen and oxygen atoms in total. The van der Waals surface area contributed by atoms with Crippen molar-refractivity contribution in [1.82, 2.24) is 14.9 Å². The molecule has 1 aliphatic rings. The van der Waals surface area contributed by atoms with Crippen molar-refractivity contribution in [3.63, 3.8) is 0 Å². The number of nitrogens with zero attached hydrogens (tertiary/aromatic N) is 3. The zero-order valence-corrected chi connectivity index (χ0v) is 9.16. The Kier molecular flexibility index (Phi) is 2.83. The van der Waals surface area contributed by atoms with Gasteiger partial charge in [0.1, 0.15) is 5.82 Å². The lowest BCUT2D eigenvalue weighted by Gasteiger charge is -2.25. The van der Waals surface area contributed by atoms with Gasteiger partial charge in [0, 0.05) is 25.1 Å². The molecule has 0 saturated heterocycles. The van der Waals surface area contributed by atoms with Gasteiger partial charge < -0.3 is 15.4 Å². The Hall–Kier alpha value is -1.20. The number of likely N-dealkylation sites (N-methyl/N-ethyl adjacent to an activating group) is 1. The van der Waals surface area contributed by atoms with Crippen molar-refractivity contribution < 1.29 is 4.74 Å². The van der Waals surface area contributed by atoms with Gasteiger partial charge in [0.25, 0.3) is 0 Å². The maximum absolute atomic E-state index is 5.54. The van der Waals surface area contributed by atoms with E-state index >= 15 is 0 Å². The van der Waals surface area contributed by atoms with Crippen LogP contribution in [0.4, 0.5) is 0 Å². The SMILES string of the molecule is COc1nc(CN)nc2c1CN(C)CC2. The number of hydrogen-bond acceptors (Lipinski definition) is 5. The summed E-state index contributed by atoms with van der Waals surface area (Å²) < 4.78 is 5.27. The molecular weight excluding hydrogens is 192 g/mol. The molecular formula is C10H16N4O. The molecule has 0 aromatic carbocycles. The van der Waals surface area contributed by atoms with E-state index in [0.29, 0.717) is 18.2 Å². The predicted molar refractivity (Wildman–Crippen MR) is 56.5 cm³/mol. The molecule has 0 spiro atoms. The summed E-state index contributed by atoms with van der Waals surface area (Å²) in [7, 11) is 3.72. The summed E-state index contributed by atoms with van der Waals surface area (Å²) in [6, 6.07) is 0. The first kappa shape index (κ1) is 10.3. The first-order chi connectivity index (χ1) is 7.24. The minimum atomic E-state index is 0.361. The van der Waals surface area contributed by atoms with E-state index in [4.69, 9.17) is 10.5 Å². The van der Waals surface area contributed by atoms with Gasteiger partial charge in [-0.15, -0.1) is 0 Å². The molecule has 0 amide bonds. The summed E-state index contributed by atoms with van der Waals surface area (Å²) in [5, 5.41) is 0. The quantitative estimate of drug-likeness (QED) is 0.737. The second-order valence-corrected chi connectivity index (χ2v) is 3.77. The number of ether oxygens (including phenoxy) is 1. The summed E-state index contributed by atoms with van der Waals surface area (Å²) >= 11 is 0. The Bertz CT molecular complexity index is 349. The van der Waals surface area contributed by atoms with Crippen LogP contribution in [0.25, 0.3) is 0 Å². The average molecular weight is 208 g/mol. The normalized spacial score (nSPS) is 16.2. The Morgan fingerprint density at radius 3 is 2.93 bits per heavy atom. The highest BCUT2D eigenvalue weighted by Crippen LogP contribution is 2.24. The molecule has 0 unspecified atom stereocenters. The van der Waals surface area contributed by atoms with Crippen molar-refractivity contribution in [3.05, 3.63) is 17.1 Å². The molecule has 0 atom stereocenters. The molecule has 0 bridgehead atoms. The van der Waals surface area contributed by atoms with Gasteiger partial charge in [0.05, 0.1) is 19.3 Å². The van der Waals surface area contributed by atoms with Crippen LogP contribution in [0.15, 0.2) is 0 Å².